The molecule has 0 aromatic rings. The molecular weight excluding hydrogens is 254 g/mol. The molecule has 0 spiro atoms. The molecule has 2 amide bonds. The summed E-state index contributed by atoms with van der Waals surface area (Å²) in [5.74, 6) is 0.507. The van der Waals surface area contributed by atoms with Crippen LogP contribution in [0, 0.1) is 5.92 Å². The summed E-state index contributed by atoms with van der Waals surface area (Å²) in [4.78, 5) is 28.7. The average molecular weight is 281 g/mol. The molecule has 0 aromatic carbocycles. The van der Waals surface area contributed by atoms with Gasteiger partial charge in [0.15, 0.2) is 0 Å². The van der Waals surface area contributed by atoms with E-state index in [1.807, 2.05) is 4.90 Å². The summed E-state index contributed by atoms with van der Waals surface area (Å²) in [5.41, 5.74) is 0. The van der Waals surface area contributed by atoms with E-state index in [-0.39, 0.29) is 30.4 Å². The Balaban J connectivity index is 2.05. The number of carbonyl (C=O) groups is 2. The first-order chi connectivity index (χ1) is 9.51. The Labute approximate surface area is 121 Å². The van der Waals surface area contributed by atoms with Crippen molar-refractivity contribution in [2.24, 2.45) is 5.92 Å². The van der Waals surface area contributed by atoms with Gasteiger partial charge in [-0.05, 0) is 38.3 Å². The van der Waals surface area contributed by atoms with E-state index in [1.54, 1.807) is 0 Å². The number of rotatable bonds is 4. The van der Waals surface area contributed by atoms with E-state index >= 15 is 0 Å². The van der Waals surface area contributed by atoms with Crippen LogP contribution in [0.25, 0.3) is 0 Å². The zero-order chi connectivity index (χ0) is 14.7. The number of nitrogens with zero attached hydrogens (tertiary/aromatic N) is 2. The minimum absolute atomic E-state index is 0.0103. The fourth-order valence-electron chi connectivity index (χ4n) is 3.25. The Bertz CT molecular complexity index is 370. The highest BCUT2D eigenvalue weighted by Gasteiger charge is 2.37. The van der Waals surface area contributed by atoms with E-state index in [0.717, 1.165) is 38.9 Å². The van der Waals surface area contributed by atoms with Gasteiger partial charge in [-0.3, -0.25) is 9.59 Å². The normalized spacial score (nSPS) is 28.9. The van der Waals surface area contributed by atoms with Crippen LogP contribution in [0.1, 0.15) is 40.0 Å². The molecule has 5 heteroatoms. The second-order valence-corrected chi connectivity index (χ2v) is 6.41. The molecule has 0 bridgehead atoms. The largest absolute Gasteiger partial charge is 0.343 e. The highest BCUT2D eigenvalue weighted by Crippen LogP contribution is 2.20. The van der Waals surface area contributed by atoms with Crippen molar-refractivity contribution in [3.05, 3.63) is 0 Å². The minimum Gasteiger partial charge on any atom is -0.343 e. The molecule has 2 heterocycles. The number of likely N-dealkylation sites (N-methyl/N-ethyl adjacent to an activating group) is 1. The summed E-state index contributed by atoms with van der Waals surface area (Å²) < 4.78 is 0. The van der Waals surface area contributed by atoms with E-state index in [9.17, 15) is 9.59 Å². The standard InChI is InChI=1S/C15H27N3O2/c1-4-17-7-5-6-12(9-17)18-10-14(19)16-13(15(18)20)8-11(2)3/h11-13H,4-10H2,1-3H3,(H,16,19). The van der Waals surface area contributed by atoms with Crippen molar-refractivity contribution in [2.45, 2.75) is 52.1 Å². The van der Waals surface area contributed by atoms with E-state index in [1.165, 1.54) is 0 Å². The lowest BCUT2D eigenvalue weighted by molar-refractivity contribution is -0.148. The quantitative estimate of drug-likeness (QED) is 0.831. The molecule has 2 saturated heterocycles. The smallest absolute Gasteiger partial charge is 0.245 e. The molecule has 114 valence electrons. The molecule has 2 aliphatic heterocycles. The number of hydrogen-bond acceptors (Lipinski definition) is 3. The molecule has 0 saturated carbocycles. The van der Waals surface area contributed by atoms with E-state index in [0.29, 0.717) is 5.92 Å². The van der Waals surface area contributed by atoms with Gasteiger partial charge in [-0.15, -0.1) is 0 Å². The van der Waals surface area contributed by atoms with Crippen LogP contribution in [0.15, 0.2) is 0 Å². The molecule has 2 atom stereocenters. The zero-order valence-corrected chi connectivity index (χ0v) is 12.9. The molecule has 5 nitrogen and oxygen atoms in total. The molecule has 2 fully saturated rings. The number of nitrogens with one attached hydrogen (secondary N) is 1. The SMILES string of the molecule is CCN1CCCC(N2CC(=O)NC(CC(C)C)C2=O)C1. The van der Waals surface area contributed by atoms with Gasteiger partial charge >= 0.3 is 0 Å². The molecule has 0 aromatic heterocycles. The van der Waals surface area contributed by atoms with Gasteiger partial charge in [0.25, 0.3) is 0 Å². The van der Waals surface area contributed by atoms with Crippen molar-refractivity contribution in [1.82, 2.24) is 15.1 Å². The van der Waals surface area contributed by atoms with Crippen LogP contribution < -0.4 is 5.32 Å². The second kappa shape index (κ2) is 6.57. The Hall–Kier alpha value is -1.10. The number of piperidine rings is 1. The second-order valence-electron chi connectivity index (χ2n) is 6.41. The highest BCUT2D eigenvalue weighted by atomic mass is 16.2. The van der Waals surface area contributed by atoms with E-state index in [4.69, 9.17) is 0 Å². The summed E-state index contributed by atoms with van der Waals surface area (Å²) in [6.07, 6.45) is 2.86. The molecule has 0 radical (unpaired) electrons. The maximum atomic E-state index is 12.6. The van der Waals surface area contributed by atoms with Crippen LogP contribution in [0.5, 0.6) is 0 Å². The van der Waals surface area contributed by atoms with Crippen molar-refractivity contribution >= 4 is 11.8 Å². The molecular formula is C15H27N3O2. The third-order valence-electron chi connectivity index (χ3n) is 4.31. The minimum atomic E-state index is -0.326. The number of amides is 2. The lowest BCUT2D eigenvalue weighted by atomic mass is 9.97. The van der Waals surface area contributed by atoms with Crippen molar-refractivity contribution in [3.8, 4) is 0 Å². The van der Waals surface area contributed by atoms with Crippen molar-refractivity contribution in [1.29, 1.82) is 0 Å². The highest BCUT2D eigenvalue weighted by molar-refractivity contribution is 5.95. The van der Waals surface area contributed by atoms with Crippen molar-refractivity contribution in [2.75, 3.05) is 26.2 Å². The van der Waals surface area contributed by atoms with Gasteiger partial charge in [0, 0.05) is 12.6 Å². The third kappa shape index (κ3) is 3.51. The topological polar surface area (TPSA) is 52.6 Å². The predicted molar refractivity (Wildman–Crippen MR) is 78.2 cm³/mol. The number of likely N-dealkylation sites (tertiary alicyclic amines) is 1. The number of hydrogen-bond donors (Lipinski definition) is 1. The van der Waals surface area contributed by atoms with Gasteiger partial charge in [-0.2, -0.15) is 0 Å². The van der Waals surface area contributed by atoms with Crippen LogP contribution in [-0.2, 0) is 9.59 Å². The fraction of sp³-hybridized carbons (Fsp3) is 0.867. The average Bonchev–Trinajstić information content (AvgIpc) is 2.42. The molecule has 1 N–H and O–H groups in total. The van der Waals surface area contributed by atoms with Crippen LogP contribution in [-0.4, -0.2) is 59.9 Å². The van der Waals surface area contributed by atoms with Crippen LogP contribution in [0.2, 0.25) is 0 Å². The first-order valence-electron chi connectivity index (χ1n) is 7.83. The lowest BCUT2D eigenvalue weighted by Crippen LogP contribution is -2.63. The predicted octanol–water partition coefficient (Wildman–Crippen LogP) is 0.844. The van der Waals surface area contributed by atoms with Gasteiger partial charge in [0.2, 0.25) is 11.8 Å². The Morgan fingerprint density at radius 1 is 1.35 bits per heavy atom. The van der Waals surface area contributed by atoms with Crippen molar-refractivity contribution < 1.29 is 9.59 Å². The van der Waals surface area contributed by atoms with E-state index < -0.39 is 0 Å². The molecule has 0 aliphatic carbocycles. The first kappa shape index (κ1) is 15.3. The van der Waals surface area contributed by atoms with Crippen LogP contribution >= 0.6 is 0 Å². The monoisotopic (exact) mass is 281 g/mol. The zero-order valence-electron chi connectivity index (χ0n) is 12.9. The molecule has 2 unspecified atom stereocenters. The summed E-state index contributed by atoms with van der Waals surface area (Å²) in [6.45, 7) is 9.57. The fourth-order valence-corrected chi connectivity index (χ4v) is 3.25. The summed E-state index contributed by atoms with van der Waals surface area (Å²) in [6, 6.07) is -0.120. The third-order valence-corrected chi connectivity index (χ3v) is 4.31. The lowest BCUT2D eigenvalue weighted by Gasteiger charge is -2.42. The van der Waals surface area contributed by atoms with E-state index in [2.05, 4.69) is 31.0 Å². The van der Waals surface area contributed by atoms with Gasteiger partial charge in [-0.1, -0.05) is 20.8 Å². The first-order valence-corrected chi connectivity index (χ1v) is 7.83. The van der Waals surface area contributed by atoms with Gasteiger partial charge in [-0.25, -0.2) is 0 Å². The maximum Gasteiger partial charge on any atom is 0.245 e. The Kier molecular flexibility index (Phi) is 5.02. The van der Waals surface area contributed by atoms with Gasteiger partial charge in [0.1, 0.15) is 6.04 Å². The van der Waals surface area contributed by atoms with Gasteiger partial charge in [0.05, 0.1) is 6.54 Å². The van der Waals surface area contributed by atoms with Crippen LogP contribution in [0.4, 0.5) is 0 Å². The summed E-state index contributed by atoms with van der Waals surface area (Å²) in [7, 11) is 0. The van der Waals surface area contributed by atoms with Crippen LogP contribution in [0.3, 0.4) is 0 Å². The summed E-state index contributed by atoms with van der Waals surface area (Å²) >= 11 is 0. The van der Waals surface area contributed by atoms with Gasteiger partial charge < -0.3 is 15.1 Å². The summed E-state index contributed by atoms with van der Waals surface area (Å²) in [5, 5.41) is 2.85. The Morgan fingerprint density at radius 3 is 2.75 bits per heavy atom. The molecule has 20 heavy (non-hydrogen) atoms. The molecule has 2 rings (SSSR count). The van der Waals surface area contributed by atoms with Crippen molar-refractivity contribution in [3.63, 3.8) is 0 Å². The maximum absolute atomic E-state index is 12.6. The Morgan fingerprint density at radius 2 is 2.10 bits per heavy atom. The number of carbonyl (C=O) groups excluding carboxylic acids is 2. The molecule has 2 aliphatic rings. The number of piperazine rings is 1.